The molecule has 0 unspecified atom stereocenters. The first kappa shape index (κ1) is 14.2. The maximum absolute atomic E-state index is 12.2. The van der Waals surface area contributed by atoms with E-state index in [4.69, 9.17) is 0 Å². The SMILES string of the molecule is C[C@@H](C(=O)Nc1ncc(Br)cc1Br)c1ccccc1. The number of carbonyl (C=O) groups excluding carboxylic acids is 1. The zero-order valence-corrected chi connectivity index (χ0v) is 13.4. The van der Waals surface area contributed by atoms with Crippen molar-refractivity contribution in [3.05, 3.63) is 57.1 Å². The number of hydrogen-bond donors (Lipinski definition) is 1. The summed E-state index contributed by atoms with van der Waals surface area (Å²) in [5.41, 5.74) is 0.980. The molecule has 1 heterocycles. The molecule has 1 amide bonds. The van der Waals surface area contributed by atoms with E-state index in [2.05, 4.69) is 42.2 Å². The first-order chi connectivity index (χ1) is 9.08. The van der Waals surface area contributed by atoms with Crippen LogP contribution in [0, 0.1) is 0 Å². The molecule has 0 aliphatic rings. The van der Waals surface area contributed by atoms with Crippen molar-refractivity contribution < 1.29 is 4.79 Å². The second kappa shape index (κ2) is 6.30. The summed E-state index contributed by atoms with van der Waals surface area (Å²) in [6, 6.07) is 11.5. The second-order valence-corrected chi connectivity index (χ2v) is 5.88. The molecular weight excluding hydrogens is 372 g/mol. The number of pyridine rings is 1. The Hall–Kier alpha value is -1.20. The van der Waals surface area contributed by atoms with Crippen LogP contribution in [0.1, 0.15) is 18.4 Å². The number of carbonyl (C=O) groups is 1. The Morgan fingerprint density at radius 2 is 1.95 bits per heavy atom. The Kier molecular flexibility index (Phi) is 4.71. The first-order valence-electron chi connectivity index (χ1n) is 5.75. The summed E-state index contributed by atoms with van der Waals surface area (Å²) in [5, 5.41) is 2.82. The summed E-state index contributed by atoms with van der Waals surface area (Å²) < 4.78 is 1.60. The number of nitrogens with zero attached hydrogens (tertiary/aromatic N) is 1. The molecule has 0 saturated heterocycles. The molecule has 1 aromatic heterocycles. The van der Waals surface area contributed by atoms with E-state index in [1.165, 1.54) is 0 Å². The number of rotatable bonds is 3. The van der Waals surface area contributed by atoms with E-state index in [-0.39, 0.29) is 11.8 Å². The van der Waals surface area contributed by atoms with E-state index in [0.717, 1.165) is 14.5 Å². The molecule has 0 saturated carbocycles. The van der Waals surface area contributed by atoms with Gasteiger partial charge in [0.2, 0.25) is 5.91 Å². The van der Waals surface area contributed by atoms with E-state index >= 15 is 0 Å². The third kappa shape index (κ3) is 3.64. The highest BCUT2D eigenvalue weighted by Gasteiger charge is 2.16. The fourth-order valence-electron chi connectivity index (χ4n) is 1.62. The predicted molar refractivity (Wildman–Crippen MR) is 83.1 cm³/mol. The molecule has 1 aromatic carbocycles. The fourth-order valence-corrected chi connectivity index (χ4v) is 2.71. The van der Waals surface area contributed by atoms with Crippen molar-refractivity contribution in [3.63, 3.8) is 0 Å². The lowest BCUT2D eigenvalue weighted by Crippen LogP contribution is -2.19. The van der Waals surface area contributed by atoms with Gasteiger partial charge in [-0.2, -0.15) is 0 Å². The van der Waals surface area contributed by atoms with Crippen LogP contribution in [0.3, 0.4) is 0 Å². The lowest BCUT2D eigenvalue weighted by molar-refractivity contribution is -0.117. The van der Waals surface area contributed by atoms with Gasteiger partial charge in [-0.3, -0.25) is 4.79 Å². The molecule has 0 fully saturated rings. The largest absolute Gasteiger partial charge is 0.309 e. The standard InChI is InChI=1S/C14H12Br2N2O/c1-9(10-5-3-2-4-6-10)14(19)18-13-12(16)7-11(15)8-17-13/h2-9H,1H3,(H,17,18,19)/t9-/m1/s1. The molecular formula is C14H12Br2N2O. The van der Waals surface area contributed by atoms with Crippen molar-refractivity contribution in [2.75, 3.05) is 5.32 Å². The number of hydrogen-bond acceptors (Lipinski definition) is 2. The van der Waals surface area contributed by atoms with Crippen LogP contribution in [0.2, 0.25) is 0 Å². The molecule has 19 heavy (non-hydrogen) atoms. The van der Waals surface area contributed by atoms with Gasteiger partial charge in [0.25, 0.3) is 0 Å². The number of aromatic nitrogens is 1. The van der Waals surface area contributed by atoms with Crippen LogP contribution in [0.15, 0.2) is 51.5 Å². The number of anilines is 1. The number of halogens is 2. The Bertz CT molecular complexity index is 587. The molecule has 1 N–H and O–H groups in total. The molecule has 0 bridgehead atoms. The topological polar surface area (TPSA) is 42.0 Å². The summed E-state index contributed by atoms with van der Waals surface area (Å²) in [6.45, 7) is 1.87. The fraction of sp³-hybridized carbons (Fsp3) is 0.143. The highest BCUT2D eigenvalue weighted by Crippen LogP contribution is 2.25. The van der Waals surface area contributed by atoms with Crippen LogP contribution >= 0.6 is 31.9 Å². The summed E-state index contributed by atoms with van der Waals surface area (Å²) in [7, 11) is 0. The summed E-state index contributed by atoms with van der Waals surface area (Å²) in [4.78, 5) is 16.3. The third-order valence-corrected chi connectivity index (χ3v) is 3.78. The Morgan fingerprint density at radius 3 is 2.58 bits per heavy atom. The monoisotopic (exact) mass is 382 g/mol. The van der Waals surface area contributed by atoms with E-state index < -0.39 is 0 Å². The number of benzene rings is 1. The minimum atomic E-state index is -0.224. The van der Waals surface area contributed by atoms with Gasteiger partial charge in [-0.15, -0.1) is 0 Å². The minimum absolute atomic E-state index is 0.0817. The van der Waals surface area contributed by atoms with Crippen molar-refractivity contribution in [2.45, 2.75) is 12.8 Å². The quantitative estimate of drug-likeness (QED) is 0.855. The van der Waals surface area contributed by atoms with Gasteiger partial charge in [0.05, 0.1) is 10.4 Å². The molecule has 5 heteroatoms. The maximum Gasteiger partial charge on any atom is 0.232 e. The van der Waals surface area contributed by atoms with Crippen molar-refractivity contribution >= 4 is 43.6 Å². The summed E-state index contributed by atoms with van der Waals surface area (Å²) in [6.07, 6.45) is 1.65. The summed E-state index contributed by atoms with van der Waals surface area (Å²) >= 11 is 6.70. The Morgan fingerprint density at radius 1 is 1.26 bits per heavy atom. The third-order valence-electron chi connectivity index (χ3n) is 2.74. The van der Waals surface area contributed by atoms with Gasteiger partial charge in [-0.25, -0.2) is 4.98 Å². The number of amides is 1. The van der Waals surface area contributed by atoms with Crippen LogP contribution in [0.25, 0.3) is 0 Å². The average molecular weight is 384 g/mol. The molecule has 2 aromatic rings. The molecule has 0 spiro atoms. The molecule has 2 rings (SSSR count). The van der Waals surface area contributed by atoms with Gasteiger partial charge in [0, 0.05) is 10.7 Å². The van der Waals surface area contributed by atoms with Crippen LogP contribution < -0.4 is 5.32 Å². The Labute approximate surface area is 128 Å². The molecule has 3 nitrogen and oxygen atoms in total. The molecule has 0 aliphatic carbocycles. The maximum atomic E-state index is 12.2. The second-order valence-electron chi connectivity index (χ2n) is 4.11. The van der Waals surface area contributed by atoms with Crippen molar-refractivity contribution in [3.8, 4) is 0 Å². The van der Waals surface area contributed by atoms with E-state index in [1.54, 1.807) is 6.20 Å². The van der Waals surface area contributed by atoms with Gasteiger partial charge >= 0.3 is 0 Å². The number of nitrogens with one attached hydrogen (secondary N) is 1. The highest BCUT2D eigenvalue weighted by molar-refractivity contribution is 9.11. The van der Waals surface area contributed by atoms with Crippen LogP contribution in [-0.4, -0.2) is 10.9 Å². The van der Waals surface area contributed by atoms with Crippen LogP contribution in [0.4, 0.5) is 5.82 Å². The lowest BCUT2D eigenvalue weighted by Gasteiger charge is -2.12. The van der Waals surface area contributed by atoms with Gasteiger partial charge in [-0.05, 0) is 50.4 Å². The van der Waals surface area contributed by atoms with Crippen molar-refractivity contribution in [1.82, 2.24) is 4.98 Å². The lowest BCUT2D eigenvalue weighted by atomic mass is 10.0. The summed E-state index contributed by atoms with van der Waals surface area (Å²) in [5.74, 6) is 0.219. The van der Waals surface area contributed by atoms with E-state index in [9.17, 15) is 4.79 Å². The first-order valence-corrected chi connectivity index (χ1v) is 7.33. The normalized spacial score (nSPS) is 11.9. The van der Waals surface area contributed by atoms with Crippen LogP contribution in [-0.2, 0) is 4.79 Å². The minimum Gasteiger partial charge on any atom is -0.309 e. The van der Waals surface area contributed by atoms with Gasteiger partial charge in [-0.1, -0.05) is 30.3 Å². The molecule has 98 valence electrons. The molecule has 0 radical (unpaired) electrons. The highest BCUT2D eigenvalue weighted by atomic mass is 79.9. The van der Waals surface area contributed by atoms with Crippen molar-refractivity contribution in [1.29, 1.82) is 0 Å². The molecule has 0 aliphatic heterocycles. The Balaban J connectivity index is 2.13. The zero-order valence-electron chi connectivity index (χ0n) is 10.2. The predicted octanol–water partition coefficient (Wildman–Crippen LogP) is 4.35. The van der Waals surface area contributed by atoms with Gasteiger partial charge < -0.3 is 5.32 Å². The smallest absolute Gasteiger partial charge is 0.232 e. The van der Waals surface area contributed by atoms with Gasteiger partial charge in [0.1, 0.15) is 5.82 Å². The average Bonchev–Trinajstić information content (AvgIpc) is 2.42. The van der Waals surface area contributed by atoms with E-state index in [0.29, 0.717) is 5.82 Å². The van der Waals surface area contributed by atoms with Crippen LogP contribution in [0.5, 0.6) is 0 Å². The van der Waals surface area contributed by atoms with E-state index in [1.807, 2.05) is 43.3 Å². The van der Waals surface area contributed by atoms with Gasteiger partial charge in [0.15, 0.2) is 0 Å². The molecule has 1 atom stereocenters. The van der Waals surface area contributed by atoms with Crippen molar-refractivity contribution in [2.24, 2.45) is 0 Å². The zero-order chi connectivity index (χ0) is 13.8.